The Labute approximate surface area is 107 Å². The average molecular weight is 258 g/mol. The molecule has 5 heteroatoms. The van der Waals surface area contributed by atoms with E-state index in [9.17, 15) is 4.79 Å². The van der Waals surface area contributed by atoms with Crippen molar-refractivity contribution < 1.29 is 9.53 Å². The van der Waals surface area contributed by atoms with E-state index in [1.807, 2.05) is 16.7 Å². The van der Waals surface area contributed by atoms with Gasteiger partial charge in [-0.3, -0.25) is 4.79 Å². The van der Waals surface area contributed by atoms with Gasteiger partial charge >= 0.3 is 0 Å². The summed E-state index contributed by atoms with van der Waals surface area (Å²) in [5.74, 6) is 0.223. The van der Waals surface area contributed by atoms with Gasteiger partial charge in [-0.15, -0.1) is 0 Å². The smallest absolute Gasteiger partial charge is 0.236 e. The molecule has 1 aliphatic heterocycles. The van der Waals surface area contributed by atoms with E-state index >= 15 is 0 Å². The fraction of sp³-hybridized carbons (Fsp3) is 0.917. The minimum atomic E-state index is 0.223. The summed E-state index contributed by atoms with van der Waals surface area (Å²) in [5.41, 5.74) is 0. The quantitative estimate of drug-likeness (QED) is 0.807. The monoisotopic (exact) mass is 258 g/mol. The molecular weight excluding hydrogens is 236 g/mol. The molecule has 1 aliphatic carbocycles. The molecule has 0 bridgehead atoms. The predicted molar refractivity (Wildman–Crippen MR) is 70.3 cm³/mol. The number of hydrogen-bond acceptors (Lipinski definition) is 4. The van der Waals surface area contributed by atoms with E-state index in [0.29, 0.717) is 25.8 Å². The van der Waals surface area contributed by atoms with Crippen LogP contribution in [0.15, 0.2) is 0 Å². The number of ether oxygens (including phenoxy) is 1. The van der Waals surface area contributed by atoms with Crippen LogP contribution < -0.4 is 5.32 Å². The van der Waals surface area contributed by atoms with Crippen molar-refractivity contribution in [1.29, 1.82) is 0 Å². The number of rotatable bonds is 4. The van der Waals surface area contributed by atoms with E-state index in [-0.39, 0.29) is 5.91 Å². The Kier molecular flexibility index (Phi) is 5.13. The molecule has 0 spiro atoms. The van der Waals surface area contributed by atoms with Crippen LogP contribution in [0.4, 0.5) is 0 Å². The van der Waals surface area contributed by atoms with Gasteiger partial charge in [0, 0.05) is 24.4 Å². The van der Waals surface area contributed by atoms with Crippen molar-refractivity contribution in [2.75, 3.05) is 39.1 Å². The van der Waals surface area contributed by atoms with Crippen molar-refractivity contribution in [3.63, 3.8) is 0 Å². The van der Waals surface area contributed by atoms with Crippen LogP contribution in [-0.2, 0) is 9.53 Å². The minimum absolute atomic E-state index is 0.223. The van der Waals surface area contributed by atoms with E-state index in [1.165, 1.54) is 19.3 Å². The van der Waals surface area contributed by atoms with Gasteiger partial charge in [0.1, 0.15) is 0 Å². The van der Waals surface area contributed by atoms with Crippen LogP contribution in [0.1, 0.15) is 19.3 Å². The largest absolute Gasteiger partial charge is 0.378 e. The fourth-order valence-corrected chi connectivity index (χ4v) is 3.29. The van der Waals surface area contributed by atoms with E-state index in [1.54, 1.807) is 0 Å². The van der Waals surface area contributed by atoms with E-state index in [4.69, 9.17) is 4.74 Å². The fourth-order valence-electron chi connectivity index (χ4n) is 2.50. The SMILES string of the molecule is CSC1CCC(NCC(=O)N2CCOCC2)C1. The van der Waals surface area contributed by atoms with Gasteiger partial charge in [0.25, 0.3) is 0 Å². The Balaban J connectivity index is 1.65. The lowest BCUT2D eigenvalue weighted by Crippen LogP contribution is -2.46. The maximum absolute atomic E-state index is 11.9. The summed E-state index contributed by atoms with van der Waals surface area (Å²) >= 11 is 1.95. The second-order valence-corrected chi connectivity index (χ2v) is 5.88. The van der Waals surface area contributed by atoms with Gasteiger partial charge in [-0.05, 0) is 25.5 Å². The van der Waals surface area contributed by atoms with Gasteiger partial charge < -0.3 is 15.0 Å². The Bertz CT molecular complexity index is 257. The van der Waals surface area contributed by atoms with Crippen molar-refractivity contribution in [3.8, 4) is 0 Å². The summed E-state index contributed by atoms with van der Waals surface area (Å²) in [6.07, 6.45) is 5.87. The van der Waals surface area contributed by atoms with E-state index in [2.05, 4.69) is 11.6 Å². The van der Waals surface area contributed by atoms with Crippen molar-refractivity contribution in [3.05, 3.63) is 0 Å². The van der Waals surface area contributed by atoms with E-state index < -0.39 is 0 Å². The predicted octanol–water partition coefficient (Wildman–Crippen LogP) is 0.719. The molecule has 2 rings (SSSR count). The lowest BCUT2D eigenvalue weighted by atomic mass is 10.2. The lowest BCUT2D eigenvalue weighted by molar-refractivity contribution is -0.134. The van der Waals surface area contributed by atoms with Gasteiger partial charge in [-0.25, -0.2) is 0 Å². The van der Waals surface area contributed by atoms with Crippen LogP contribution in [0.2, 0.25) is 0 Å². The first kappa shape index (κ1) is 13.2. The topological polar surface area (TPSA) is 41.6 Å². The highest BCUT2D eigenvalue weighted by Crippen LogP contribution is 2.27. The molecule has 0 aromatic heterocycles. The molecule has 98 valence electrons. The molecule has 1 heterocycles. The first-order chi connectivity index (χ1) is 8.29. The van der Waals surface area contributed by atoms with Gasteiger partial charge in [0.15, 0.2) is 0 Å². The first-order valence-electron chi connectivity index (χ1n) is 6.41. The summed E-state index contributed by atoms with van der Waals surface area (Å²) in [4.78, 5) is 13.8. The molecule has 1 N–H and O–H groups in total. The van der Waals surface area contributed by atoms with Crippen molar-refractivity contribution in [1.82, 2.24) is 10.2 Å². The highest BCUT2D eigenvalue weighted by atomic mass is 32.2. The van der Waals surface area contributed by atoms with Gasteiger partial charge in [0.2, 0.25) is 5.91 Å². The zero-order valence-electron chi connectivity index (χ0n) is 10.5. The van der Waals surface area contributed by atoms with Crippen LogP contribution in [0.3, 0.4) is 0 Å². The van der Waals surface area contributed by atoms with E-state index in [0.717, 1.165) is 18.3 Å². The minimum Gasteiger partial charge on any atom is -0.378 e. The number of amides is 1. The van der Waals surface area contributed by atoms with Crippen LogP contribution in [0, 0.1) is 0 Å². The number of carbonyl (C=O) groups excluding carboxylic acids is 1. The second kappa shape index (κ2) is 6.61. The molecule has 1 amide bonds. The van der Waals surface area contributed by atoms with Gasteiger partial charge in [0.05, 0.1) is 19.8 Å². The molecule has 1 saturated heterocycles. The summed E-state index contributed by atoms with van der Waals surface area (Å²) < 4.78 is 5.24. The maximum atomic E-state index is 11.9. The number of hydrogen-bond donors (Lipinski definition) is 1. The number of morpholine rings is 1. The highest BCUT2D eigenvalue weighted by Gasteiger charge is 2.25. The van der Waals surface area contributed by atoms with Crippen molar-refractivity contribution in [2.45, 2.75) is 30.6 Å². The third kappa shape index (κ3) is 3.86. The van der Waals surface area contributed by atoms with Gasteiger partial charge in [-0.2, -0.15) is 11.8 Å². The second-order valence-electron chi connectivity index (χ2n) is 4.74. The molecule has 17 heavy (non-hydrogen) atoms. The van der Waals surface area contributed by atoms with Gasteiger partial charge in [-0.1, -0.05) is 0 Å². The Morgan fingerprint density at radius 3 is 2.82 bits per heavy atom. The summed E-state index contributed by atoms with van der Waals surface area (Å²) in [6.45, 7) is 3.36. The molecule has 2 aliphatic rings. The molecule has 2 fully saturated rings. The summed E-state index contributed by atoms with van der Waals surface area (Å²) in [5, 5.41) is 4.18. The van der Waals surface area contributed by atoms with Crippen molar-refractivity contribution in [2.24, 2.45) is 0 Å². The Morgan fingerprint density at radius 2 is 2.18 bits per heavy atom. The van der Waals surface area contributed by atoms with Crippen LogP contribution in [-0.4, -0.2) is 61.2 Å². The lowest BCUT2D eigenvalue weighted by Gasteiger charge is -2.27. The molecule has 0 aromatic rings. The first-order valence-corrected chi connectivity index (χ1v) is 7.70. The molecule has 4 nitrogen and oxygen atoms in total. The number of nitrogens with zero attached hydrogens (tertiary/aromatic N) is 1. The van der Waals surface area contributed by atoms with Crippen LogP contribution >= 0.6 is 11.8 Å². The Hall–Kier alpha value is -0.260. The highest BCUT2D eigenvalue weighted by molar-refractivity contribution is 7.99. The third-order valence-corrected chi connectivity index (χ3v) is 4.72. The van der Waals surface area contributed by atoms with Crippen LogP contribution in [0.5, 0.6) is 0 Å². The standard InChI is InChI=1S/C12H22N2O2S/c1-17-11-3-2-10(8-11)13-9-12(15)14-4-6-16-7-5-14/h10-11,13H,2-9H2,1H3. The normalized spacial score (nSPS) is 29.6. The molecule has 0 aromatic carbocycles. The summed E-state index contributed by atoms with van der Waals surface area (Å²) in [7, 11) is 0. The molecule has 0 radical (unpaired) electrons. The van der Waals surface area contributed by atoms with Crippen LogP contribution in [0.25, 0.3) is 0 Å². The Morgan fingerprint density at radius 1 is 1.41 bits per heavy atom. The van der Waals surface area contributed by atoms with Crippen molar-refractivity contribution >= 4 is 17.7 Å². The zero-order chi connectivity index (χ0) is 12.1. The molecule has 2 atom stereocenters. The number of carbonyl (C=O) groups is 1. The number of nitrogens with one attached hydrogen (secondary N) is 1. The maximum Gasteiger partial charge on any atom is 0.236 e. The average Bonchev–Trinajstić information content (AvgIpc) is 2.85. The zero-order valence-corrected chi connectivity index (χ0v) is 11.3. The number of thioether (sulfide) groups is 1. The molecular formula is C12H22N2O2S. The summed E-state index contributed by atoms with van der Waals surface area (Å²) in [6, 6.07) is 0.539. The molecule has 2 unspecified atom stereocenters. The third-order valence-electron chi connectivity index (χ3n) is 3.62. The molecule has 1 saturated carbocycles.